The topological polar surface area (TPSA) is 41.3 Å². The molecule has 1 aromatic rings. The summed E-state index contributed by atoms with van der Waals surface area (Å²) >= 11 is 6.34. The summed E-state index contributed by atoms with van der Waals surface area (Å²) in [6.45, 7) is 2.35. The summed E-state index contributed by atoms with van der Waals surface area (Å²) in [5, 5.41) is 0.829. The Morgan fingerprint density at radius 1 is 1.43 bits per heavy atom. The van der Waals surface area contributed by atoms with E-state index in [0.29, 0.717) is 0 Å². The van der Waals surface area contributed by atoms with Gasteiger partial charge in [-0.2, -0.15) is 0 Å². The van der Waals surface area contributed by atoms with E-state index < -0.39 is 0 Å². The van der Waals surface area contributed by atoms with E-state index in [1.807, 2.05) is 18.2 Å². The summed E-state index contributed by atoms with van der Waals surface area (Å²) < 4.78 is 0. The lowest BCUT2D eigenvalue weighted by molar-refractivity contribution is 0.0373. The molecule has 0 heterocycles. The Bertz CT molecular complexity index is 463. The van der Waals surface area contributed by atoms with Crippen LogP contribution < -0.4 is 11.3 Å². The van der Waals surface area contributed by atoms with Crippen LogP contribution in [0.5, 0.6) is 0 Å². The molecule has 1 fully saturated rings. The molecule has 118 valence electrons. The average molecular weight is 310 g/mol. The van der Waals surface area contributed by atoms with Gasteiger partial charge in [0.15, 0.2) is 0 Å². The normalized spacial score (nSPS) is 27.8. The molecule has 0 spiro atoms. The molecule has 0 aromatic heterocycles. The molecule has 3 atom stereocenters. The van der Waals surface area contributed by atoms with Crippen molar-refractivity contribution in [3.05, 3.63) is 34.9 Å². The van der Waals surface area contributed by atoms with Crippen LogP contribution >= 0.6 is 11.6 Å². The molecular formula is C17H28ClN3. The van der Waals surface area contributed by atoms with E-state index in [1.54, 1.807) is 0 Å². The van der Waals surface area contributed by atoms with Crippen molar-refractivity contribution in [1.82, 2.24) is 10.3 Å². The van der Waals surface area contributed by atoms with Gasteiger partial charge in [0.05, 0.1) is 0 Å². The van der Waals surface area contributed by atoms with E-state index in [2.05, 4.69) is 37.4 Å². The molecule has 3 unspecified atom stereocenters. The summed E-state index contributed by atoms with van der Waals surface area (Å²) in [5.41, 5.74) is 4.36. The number of likely N-dealkylation sites (N-methyl/N-ethyl adjacent to an activating group) is 1. The van der Waals surface area contributed by atoms with Crippen molar-refractivity contribution in [2.75, 3.05) is 14.1 Å². The van der Waals surface area contributed by atoms with Crippen molar-refractivity contribution in [2.45, 2.75) is 50.6 Å². The maximum Gasteiger partial charge on any atom is 0.0438 e. The Labute approximate surface area is 133 Å². The zero-order valence-corrected chi connectivity index (χ0v) is 14.2. The monoisotopic (exact) mass is 309 g/mol. The lowest BCUT2D eigenvalue weighted by Crippen LogP contribution is -2.63. The predicted octanol–water partition coefficient (Wildman–Crippen LogP) is 3.22. The standard InChI is InChI=1S/C17H28ClN3/c1-13-7-6-10-17(12-13,21(2)3)16(20-19)11-14-8-4-5-9-15(14)18/h4-5,8-9,13,16,20H,6-7,10-12,19H2,1-3H3. The average Bonchev–Trinajstić information content (AvgIpc) is 2.46. The van der Waals surface area contributed by atoms with E-state index in [0.717, 1.165) is 17.4 Å². The van der Waals surface area contributed by atoms with Gasteiger partial charge in [0.2, 0.25) is 0 Å². The number of hydrogen-bond donors (Lipinski definition) is 2. The Kier molecular flexibility index (Phi) is 5.67. The first-order valence-corrected chi connectivity index (χ1v) is 8.24. The minimum absolute atomic E-state index is 0.103. The fourth-order valence-corrected chi connectivity index (χ4v) is 4.10. The summed E-state index contributed by atoms with van der Waals surface area (Å²) in [4.78, 5) is 2.37. The number of rotatable bonds is 5. The van der Waals surface area contributed by atoms with Crippen LogP contribution in [0, 0.1) is 5.92 Å². The van der Waals surface area contributed by atoms with E-state index in [4.69, 9.17) is 17.4 Å². The molecule has 0 aliphatic heterocycles. The van der Waals surface area contributed by atoms with Gasteiger partial charge in [0.1, 0.15) is 0 Å². The first-order chi connectivity index (χ1) is 9.99. The Morgan fingerprint density at radius 3 is 2.71 bits per heavy atom. The molecule has 4 heteroatoms. The first kappa shape index (κ1) is 16.8. The quantitative estimate of drug-likeness (QED) is 0.648. The lowest BCUT2D eigenvalue weighted by Gasteiger charge is -2.50. The molecule has 0 radical (unpaired) electrons. The molecule has 0 amide bonds. The zero-order valence-electron chi connectivity index (χ0n) is 13.4. The van der Waals surface area contributed by atoms with Gasteiger partial charge in [-0.15, -0.1) is 0 Å². The highest BCUT2D eigenvalue weighted by atomic mass is 35.5. The fraction of sp³-hybridized carbons (Fsp3) is 0.647. The second kappa shape index (κ2) is 7.10. The molecule has 0 saturated heterocycles. The third-order valence-electron chi connectivity index (χ3n) is 5.13. The van der Waals surface area contributed by atoms with Crippen LogP contribution in [0.1, 0.15) is 38.2 Å². The van der Waals surface area contributed by atoms with E-state index in [9.17, 15) is 0 Å². The van der Waals surface area contributed by atoms with Crippen molar-refractivity contribution in [3.63, 3.8) is 0 Å². The number of hydrazine groups is 1. The number of nitrogens with zero attached hydrogens (tertiary/aromatic N) is 1. The van der Waals surface area contributed by atoms with Crippen LogP contribution in [0.3, 0.4) is 0 Å². The van der Waals surface area contributed by atoms with Gasteiger partial charge in [0, 0.05) is 16.6 Å². The summed E-state index contributed by atoms with van der Waals surface area (Å²) in [7, 11) is 4.35. The molecular weight excluding hydrogens is 282 g/mol. The summed E-state index contributed by atoms with van der Waals surface area (Å²) in [6, 6.07) is 8.27. The van der Waals surface area contributed by atoms with Gasteiger partial charge in [-0.1, -0.05) is 49.6 Å². The SMILES string of the molecule is CC1CCCC(C(Cc2ccccc2Cl)NN)(N(C)C)C1. The number of halogens is 1. The first-order valence-electron chi connectivity index (χ1n) is 7.86. The van der Waals surface area contributed by atoms with Gasteiger partial charge in [0.25, 0.3) is 0 Å². The molecule has 3 N–H and O–H groups in total. The highest BCUT2D eigenvalue weighted by Crippen LogP contribution is 2.39. The van der Waals surface area contributed by atoms with Crippen LogP contribution in [0.15, 0.2) is 24.3 Å². The predicted molar refractivity (Wildman–Crippen MR) is 90.3 cm³/mol. The summed E-state index contributed by atoms with van der Waals surface area (Å²) in [6.07, 6.45) is 5.81. The minimum Gasteiger partial charge on any atom is -0.302 e. The van der Waals surface area contributed by atoms with E-state index >= 15 is 0 Å². The molecule has 21 heavy (non-hydrogen) atoms. The fourth-order valence-electron chi connectivity index (χ4n) is 3.89. The highest BCUT2D eigenvalue weighted by molar-refractivity contribution is 6.31. The van der Waals surface area contributed by atoms with E-state index in [-0.39, 0.29) is 11.6 Å². The number of nitrogens with one attached hydrogen (secondary N) is 1. The third kappa shape index (κ3) is 3.59. The van der Waals surface area contributed by atoms with Crippen molar-refractivity contribution < 1.29 is 0 Å². The van der Waals surface area contributed by atoms with Gasteiger partial charge in [-0.05, 0) is 50.9 Å². The summed E-state index contributed by atoms with van der Waals surface area (Å²) in [5.74, 6) is 6.69. The Morgan fingerprint density at radius 2 is 2.14 bits per heavy atom. The van der Waals surface area contributed by atoms with Crippen molar-refractivity contribution in [1.29, 1.82) is 0 Å². The molecule has 1 aliphatic carbocycles. The highest BCUT2D eigenvalue weighted by Gasteiger charge is 2.43. The van der Waals surface area contributed by atoms with Crippen molar-refractivity contribution in [3.8, 4) is 0 Å². The zero-order chi connectivity index (χ0) is 15.5. The van der Waals surface area contributed by atoms with Crippen molar-refractivity contribution >= 4 is 11.6 Å². The second-order valence-electron chi connectivity index (χ2n) is 6.71. The Balaban J connectivity index is 2.26. The Hall–Kier alpha value is -0.610. The number of nitrogens with two attached hydrogens (primary N) is 1. The second-order valence-corrected chi connectivity index (χ2v) is 7.12. The van der Waals surface area contributed by atoms with Crippen LogP contribution in [0.2, 0.25) is 5.02 Å². The van der Waals surface area contributed by atoms with Crippen LogP contribution in [0.4, 0.5) is 0 Å². The lowest BCUT2D eigenvalue weighted by atomic mass is 9.70. The molecule has 2 rings (SSSR count). The van der Waals surface area contributed by atoms with Crippen molar-refractivity contribution in [2.24, 2.45) is 11.8 Å². The third-order valence-corrected chi connectivity index (χ3v) is 5.50. The van der Waals surface area contributed by atoms with Crippen LogP contribution in [-0.4, -0.2) is 30.6 Å². The maximum absolute atomic E-state index is 6.34. The molecule has 1 aromatic carbocycles. The van der Waals surface area contributed by atoms with Gasteiger partial charge < -0.3 is 4.90 Å². The van der Waals surface area contributed by atoms with Gasteiger partial charge >= 0.3 is 0 Å². The number of hydrogen-bond acceptors (Lipinski definition) is 3. The number of benzene rings is 1. The molecule has 1 aliphatic rings. The largest absolute Gasteiger partial charge is 0.302 e. The molecule has 3 nitrogen and oxygen atoms in total. The smallest absolute Gasteiger partial charge is 0.0438 e. The van der Waals surface area contributed by atoms with Crippen LogP contribution in [0.25, 0.3) is 0 Å². The van der Waals surface area contributed by atoms with Gasteiger partial charge in [-0.25, -0.2) is 0 Å². The van der Waals surface area contributed by atoms with Crippen LogP contribution in [-0.2, 0) is 6.42 Å². The molecule has 0 bridgehead atoms. The molecule has 1 saturated carbocycles. The minimum atomic E-state index is 0.103. The maximum atomic E-state index is 6.34. The van der Waals surface area contributed by atoms with Gasteiger partial charge in [-0.3, -0.25) is 11.3 Å². The van der Waals surface area contributed by atoms with E-state index in [1.165, 1.54) is 31.2 Å².